The monoisotopic (exact) mass is 366 g/mol. The molecule has 0 bridgehead atoms. The summed E-state index contributed by atoms with van der Waals surface area (Å²) in [5.74, 6) is -0.538. The Morgan fingerprint density at radius 2 is 2.16 bits per heavy atom. The van der Waals surface area contributed by atoms with Crippen molar-refractivity contribution in [3.8, 4) is 0 Å². The molecule has 8 heteroatoms. The Morgan fingerprint density at radius 1 is 1.40 bits per heavy atom. The van der Waals surface area contributed by atoms with Crippen LogP contribution < -0.4 is 5.32 Å². The summed E-state index contributed by atoms with van der Waals surface area (Å²) in [6, 6.07) is 5.90. The van der Waals surface area contributed by atoms with Gasteiger partial charge in [-0.1, -0.05) is 6.07 Å². The summed E-state index contributed by atoms with van der Waals surface area (Å²) in [6.07, 6.45) is 1.93. The fraction of sp³-hybridized carbons (Fsp3) is 0.529. The van der Waals surface area contributed by atoms with Gasteiger partial charge in [0.25, 0.3) is 5.91 Å². The number of hydrogen-bond donors (Lipinski definition) is 2. The number of carbonyl (C=O) groups excluding carboxylic acids is 2. The van der Waals surface area contributed by atoms with Crippen LogP contribution in [0.1, 0.15) is 29.6 Å². The normalized spacial score (nSPS) is 27.2. The molecule has 0 aromatic heterocycles. The lowest BCUT2D eigenvalue weighted by molar-refractivity contribution is -0.147. The molecule has 25 heavy (non-hydrogen) atoms. The Balaban J connectivity index is 1.87. The highest BCUT2D eigenvalue weighted by molar-refractivity contribution is 7.90. The van der Waals surface area contributed by atoms with Crippen LogP contribution >= 0.6 is 0 Å². The van der Waals surface area contributed by atoms with E-state index in [2.05, 4.69) is 5.32 Å². The Morgan fingerprint density at radius 3 is 2.84 bits per heavy atom. The standard InChI is InChI=1S/C17H22N2O5S/c1-25(23,24)13-5-2-4-12(10-13)15(21)19-9-6-14(20)17(11-19)7-3-8-18-16(17)22/h2,4-5,10,14,20H,3,6-9,11H2,1H3,(H,18,22)/t14-,17-/m1/s1. The molecule has 136 valence electrons. The molecular weight excluding hydrogens is 344 g/mol. The first-order chi connectivity index (χ1) is 11.7. The van der Waals surface area contributed by atoms with Crippen molar-refractivity contribution in [2.24, 2.45) is 5.41 Å². The number of aliphatic hydroxyl groups excluding tert-OH is 1. The largest absolute Gasteiger partial charge is 0.392 e. The third kappa shape index (κ3) is 3.28. The molecule has 2 aliphatic heterocycles. The molecule has 2 aliphatic rings. The SMILES string of the molecule is CS(=O)(=O)c1cccc(C(=O)N2CC[C@@H](O)[C@@]3(CCCNC3=O)C2)c1. The number of carbonyl (C=O) groups is 2. The zero-order valence-corrected chi connectivity index (χ0v) is 14.9. The summed E-state index contributed by atoms with van der Waals surface area (Å²) in [5.41, 5.74) is -0.702. The van der Waals surface area contributed by atoms with Crippen LogP contribution in [0.15, 0.2) is 29.2 Å². The maximum atomic E-state index is 12.8. The van der Waals surface area contributed by atoms with Gasteiger partial charge in [0.05, 0.1) is 16.4 Å². The van der Waals surface area contributed by atoms with Gasteiger partial charge in [0, 0.05) is 31.5 Å². The van der Waals surface area contributed by atoms with Crippen LogP contribution in [0.5, 0.6) is 0 Å². The zero-order chi connectivity index (χ0) is 18.2. The maximum Gasteiger partial charge on any atom is 0.253 e. The minimum atomic E-state index is -3.41. The molecule has 1 aromatic rings. The summed E-state index contributed by atoms with van der Waals surface area (Å²) in [4.78, 5) is 26.8. The van der Waals surface area contributed by atoms with Crippen molar-refractivity contribution in [2.75, 3.05) is 25.9 Å². The lowest BCUT2D eigenvalue weighted by Gasteiger charge is -2.46. The third-order valence-corrected chi connectivity index (χ3v) is 6.23. The van der Waals surface area contributed by atoms with Gasteiger partial charge in [-0.2, -0.15) is 0 Å². The van der Waals surface area contributed by atoms with Crippen LogP contribution in [0, 0.1) is 5.41 Å². The first-order valence-corrected chi connectivity index (χ1v) is 10.2. The Hall–Kier alpha value is -1.93. The third-order valence-electron chi connectivity index (χ3n) is 5.12. The molecule has 2 N–H and O–H groups in total. The van der Waals surface area contributed by atoms with E-state index >= 15 is 0 Å². The second-order valence-electron chi connectivity index (χ2n) is 6.85. The first kappa shape index (κ1) is 17.9. The predicted octanol–water partition coefficient (Wildman–Crippen LogP) is 0.193. The molecule has 2 heterocycles. The highest BCUT2D eigenvalue weighted by atomic mass is 32.2. The van der Waals surface area contributed by atoms with Crippen LogP contribution in [-0.4, -0.2) is 62.2 Å². The van der Waals surface area contributed by atoms with Gasteiger partial charge in [0.2, 0.25) is 5.91 Å². The smallest absolute Gasteiger partial charge is 0.253 e. The van der Waals surface area contributed by atoms with Crippen LogP contribution in [0.2, 0.25) is 0 Å². The molecular formula is C17H22N2O5S. The van der Waals surface area contributed by atoms with Gasteiger partial charge in [0.15, 0.2) is 9.84 Å². The number of hydrogen-bond acceptors (Lipinski definition) is 5. The van der Waals surface area contributed by atoms with E-state index in [-0.39, 0.29) is 28.8 Å². The van der Waals surface area contributed by atoms with Gasteiger partial charge >= 0.3 is 0 Å². The number of nitrogens with zero attached hydrogens (tertiary/aromatic N) is 1. The molecule has 1 aromatic carbocycles. The minimum Gasteiger partial charge on any atom is -0.392 e. The van der Waals surface area contributed by atoms with Crippen LogP contribution in [-0.2, 0) is 14.6 Å². The van der Waals surface area contributed by atoms with E-state index in [0.29, 0.717) is 25.9 Å². The quantitative estimate of drug-likeness (QED) is 0.778. The lowest BCUT2D eigenvalue weighted by Crippen LogP contribution is -2.62. The highest BCUT2D eigenvalue weighted by Crippen LogP contribution is 2.37. The second-order valence-corrected chi connectivity index (χ2v) is 8.86. The van der Waals surface area contributed by atoms with Crippen LogP contribution in [0.25, 0.3) is 0 Å². The summed E-state index contributed by atoms with van der Waals surface area (Å²) in [5, 5.41) is 13.2. The molecule has 2 atom stereocenters. The number of likely N-dealkylation sites (tertiary alicyclic amines) is 1. The first-order valence-electron chi connectivity index (χ1n) is 8.30. The van der Waals surface area contributed by atoms with E-state index in [9.17, 15) is 23.1 Å². The van der Waals surface area contributed by atoms with Gasteiger partial charge < -0.3 is 15.3 Å². The van der Waals surface area contributed by atoms with E-state index < -0.39 is 21.4 Å². The number of rotatable bonds is 2. The Labute approximate surface area is 146 Å². The molecule has 0 unspecified atom stereocenters. The number of piperidine rings is 2. The van der Waals surface area contributed by atoms with E-state index in [4.69, 9.17) is 0 Å². The molecule has 0 aliphatic carbocycles. The van der Waals surface area contributed by atoms with Crippen LogP contribution in [0.3, 0.4) is 0 Å². The van der Waals surface area contributed by atoms with Gasteiger partial charge in [-0.25, -0.2) is 8.42 Å². The number of benzene rings is 1. The number of aliphatic hydroxyl groups is 1. The highest BCUT2D eigenvalue weighted by Gasteiger charge is 2.50. The molecule has 2 amide bonds. The number of amides is 2. The van der Waals surface area contributed by atoms with Crippen molar-refractivity contribution < 1.29 is 23.1 Å². The fourth-order valence-electron chi connectivity index (χ4n) is 3.66. The Bertz CT molecular complexity index is 807. The summed E-state index contributed by atoms with van der Waals surface area (Å²) in [6.45, 7) is 1.05. The van der Waals surface area contributed by atoms with Gasteiger partial charge in [-0.15, -0.1) is 0 Å². The van der Waals surface area contributed by atoms with Gasteiger partial charge in [-0.05, 0) is 37.5 Å². The van der Waals surface area contributed by atoms with Crippen molar-refractivity contribution in [1.82, 2.24) is 10.2 Å². The van der Waals surface area contributed by atoms with Crippen molar-refractivity contribution in [2.45, 2.75) is 30.3 Å². The van der Waals surface area contributed by atoms with E-state index in [0.717, 1.165) is 12.7 Å². The van der Waals surface area contributed by atoms with E-state index in [1.807, 2.05) is 0 Å². The molecule has 1 spiro atoms. The second kappa shape index (κ2) is 6.42. The molecule has 7 nitrogen and oxygen atoms in total. The lowest BCUT2D eigenvalue weighted by atomic mass is 9.71. The fourth-order valence-corrected chi connectivity index (χ4v) is 4.33. The number of nitrogens with one attached hydrogen (secondary N) is 1. The van der Waals surface area contributed by atoms with Gasteiger partial charge in [-0.3, -0.25) is 9.59 Å². The topological polar surface area (TPSA) is 104 Å². The summed E-state index contributed by atoms with van der Waals surface area (Å²) >= 11 is 0. The van der Waals surface area contributed by atoms with E-state index in [1.54, 1.807) is 11.0 Å². The van der Waals surface area contributed by atoms with Crippen molar-refractivity contribution in [1.29, 1.82) is 0 Å². The zero-order valence-electron chi connectivity index (χ0n) is 14.1. The van der Waals surface area contributed by atoms with Crippen molar-refractivity contribution in [3.05, 3.63) is 29.8 Å². The predicted molar refractivity (Wildman–Crippen MR) is 90.8 cm³/mol. The van der Waals surface area contributed by atoms with Crippen molar-refractivity contribution >= 4 is 21.7 Å². The molecule has 3 rings (SSSR count). The average molecular weight is 366 g/mol. The molecule has 0 radical (unpaired) electrons. The summed E-state index contributed by atoms with van der Waals surface area (Å²) < 4.78 is 23.4. The Kier molecular flexibility index (Phi) is 4.59. The maximum absolute atomic E-state index is 12.8. The molecule has 2 saturated heterocycles. The summed E-state index contributed by atoms with van der Waals surface area (Å²) in [7, 11) is -3.41. The van der Waals surface area contributed by atoms with Crippen LogP contribution in [0.4, 0.5) is 0 Å². The number of sulfone groups is 1. The molecule has 2 fully saturated rings. The minimum absolute atomic E-state index is 0.0838. The average Bonchev–Trinajstić information content (AvgIpc) is 2.58. The molecule has 0 saturated carbocycles. The van der Waals surface area contributed by atoms with Gasteiger partial charge in [0.1, 0.15) is 0 Å². The van der Waals surface area contributed by atoms with Crippen molar-refractivity contribution in [3.63, 3.8) is 0 Å². The van der Waals surface area contributed by atoms with E-state index in [1.165, 1.54) is 18.2 Å².